The van der Waals surface area contributed by atoms with Crippen molar-refractivity contribution in [1.29, 1.82) is 0 Å². The molecule has 130 valence electrons. The summed E-state index contributed by atoms with van der Waals surface area (Å²) < 4.78 is 1.12. The third-order valence-corrected chi connectivity index (χ3v) is 6.48. The highest BCUT2D eigenvalue weighted by molar-refractivity contribution is 14.1. The van der Waals surface area contributed by atoms with Crippen molar-refractivity contribution in [2.45, 2.75) is 6.92 Å². The molecule has 0 aliphatic heterocycles. The van der Waals surface area contributed by atoms with Crippen LogP contribution in [-0.4, -0.2) is 9.57 Å². The number of halogens is 2. The molecule has 0 amide bonds. The Morgan fingerprint density at radius 2 is 1.41 bits per heavy atom. The van der Waals surface area contributed by atoms with Gasteiger partial charge in [0.2, 0.25) is 3.79 Å². The molecule has 0 spiro atoms. The van der Waals surface area contributed by atoms with E-state index in [2.05, 4.69) is 52.9 Å². The van der Waals surface area contributed by atoms with Gasteiger partial charge >= 0.3 is 0 Å². The first-order chi connectivity index (χ1) is 13.0. The Bertz CT molecular complexity index is 1410. The molecule has 0 bridgehead atoms. The van der Waals surface area contributed by atoms with E-state index in [-0.39, 0.29) is 9.57 Å². The molecule has 0 aromatic heterocycles. The SMILES string of the molecule is CC(=O)c1ccc2c3cc(I)cc4cccc(c5ccc(C(=O)I)c1c52)c43. The minimum absolute atomic E-state index is 0.0238. The summed E-state index contributed by atoms with van der Waals surface area (Å²) >= 11 is 4.15. The van der Waals surface area contributed by atoms with Gasteiger partial charge in [-0.15, -0.1) is 0 Å². The highest BCUT2D eigenvalue weighted by Crippen LogP contribution is 2.43. The van der Waals surface area contributed by atoms with Crippen LogP contribution >= 0.6 is 45.2 Å². The quantitative estimate of drug-likeness (QED) is 0.0741. The van der Waals surface area contributed by atoms with Crippen molar-refractivity contribution in [3.05, 3.63) is 69.3 Å². The van der Waals surface area contributed by atoms with E-state index in [1.54, 1.807) is 6.92 Å². The highest BCUT2D eigenvalue weighted by Gasteiger charge is 2.20. The summed E-state index contributed by atoms with van der Waals surface area (Å²) in [7, 11) is 0. The van der Waals surface area contributed by atoms with Gasteiger partial charge in [0.25, 0.3) is 0 Å². The molecular formula is C23H12I2O2. The first-order valence-electron chi connectivity index (χ1n) is 8.51. The van der Waals surface area contributed by atoms with Crippen molar-refractivity contribution in [2.75, 3.05) is 0 Å². The van der Waals surface area contributed by atoms with Crippen LogP contribution in [0.3, 0.4) is 0 Å². The van der Waals surface area contributed by atoms with Gasteiger partial charge in [-0.2, -0.15) is 0 Å². The van der Waals surface area contributed by atoms with Crippen molar-refractivity contribution >= 4 is 97.8 Å². The molecule has 0 saturated carbocycles. The molecule has 0 aliphatic carbocycles. The Hall–Kier alpha value is -1.80. The van der Waals surface area contributed by atoms with Gasteiger partial charge in [0.15, 0.2) is 5.78 Å². The van der Waals surface area contributed by atoms with E-state index < -0.39 is 0 Å². The topological polar surface area (TPSA) is 34.1 Å². The van der Waals surface area contributed by atoms with E-state index in [1.807, 2.05) is 46.9 Å². The predicted octanol–water partition coefficient (Wildman–Crippen LogP) is 7.12. The third-order valence-electron chi connectivity index (χ3n) is 5.27. The Morgan fingerprint density at radius 3 is 2.11 bits per heavy atom. The zero-order chi connectivity index (χ0) is 18.9. The number of carbonyl (C=O) groups excluding carboxylic acids is 2. The number of benzene rings is 5. The van der Waals surface area contributed by atoms with Crippen LogP contribution < -0.4 is 0 Å². The maximum absolute atomic E-state index is 12.3. The Morgan fingerprint density at radius 1 is 0.741 bits per heavy atom. The lowest BCUT2D eigenvalue weighted by atomic mass is 9.86. The van der Waals surface area contributed by atoms with Gasteiger partial charge in [0, 0.05) is 42.7 Å². The number of ketones is 1. The van der Waals surface area contributed by atoms with Crippen LogP contribution in [0.15, 0.2) is 54.6 Å². The first-order valence-corrected chi connectivity index (χ1v) is 10.7. The molecule has 0 fully saturated rings. The lowest BCUT2D eigenvalue weighted by molar-refractivity contribution is 0.101. The maximum atomic E-state index is 12.3. The first kappa shape index (κ1) is 17.3. The van der Waals surface area contributed by atoms with Crippen LogP contribution in [0, 0.1) is 3.57 Å². The molecule has 0 saturated heterocycles. The molecule has 4 heteroatoms. The van der Waals surface area contributed by atoms with Crippen molar-refractivity contribution in [2.24, 2.45) is 0 Å². The van der Waals surface area contributed by atoms with E-state index >= 15 is 0 Å². The summed E-state index contributed by atoms with van der Waals surface area (Å²) in [6.07, 6.45) is 0. The molecule has 5 rings (SSSR count). The minimum Gasteiger partial charge on any atom is -0.294 e. The summed E-state index contributed by atoms with van der Waals surface area (Å²) in [5, 5.41) is 8.72. The zero-order valence-electron chi connectivity index (χ0n) is 14.3. The lowest BCUT2D eigenvalue weighted by Crippen LogP contribution is -2.01. The number of rotatable bonds is 2. The second-order valence-corrected chi connectivity index (χ2v) is 8.98. The Labute approximate surface area is 182 Å². The average Bonchev–Trinajstić information content (AvgIpc) is 2.64. The van der Waals surface area contributed by atoms with Crippen LogP contribution in [-0.2, 0) is 0 Å². The fourth-order valence-electron chi connectivity index (χ4n) is 4.23. The molecular weight excluding hydrogens is 562 g/mol. The fourth-order valence-corrected chi connectivity index (χ4v) is 5.33. The molecule has 5 aromatic carbocycles. The summed E-state index contributed by atoms with van der Waals surface area (Å²) in [6, 6.07) is 18.5. The number of carbonyl (C=O) groups is 2. The van der Waals surface area contributed by atoms with E-state index in [0.29, 0.717) is 11.1 Å². The van der Waals surface area contributed by atoms with Crippen molar-refractivity contribution in [1.82, 2.24) is 0 Å². The van der Waals surface area contributed by atoms with Crippen molar-refractivity contribution < 1.29 is 9.59 Å². The zero-order valence-corrected chi connectivity index (χ0v) is 18.6. The van der Waals surface area contributed by atoms with Gasteiger partial charge in [-0.3, -0.25) is 9.59 Å². The predicted molar refractivity (Wildman–Crippen MR) is 129 cm³/mol. The number of hydrogen-bond acceptors (Lipinski definition) is 2. The van der Waals surface area contributed by atoms with E-state index in [4.69, 9.17) is 0 Å². The van der Waals surface area contributed by atoms with Gasteiger partial charge in [0.05, 0.1) is 0 Å². The van der Waals surface area contributed by atoms with Crippen LogP contribution in [0.2, 0.25) is 0 Å². The van der Waals surface area contributed by atoms with Gasteiger partial charge in [0.1, 0.15) is 0 Å². The summed E-state index contributed by atoms with van der Waals surface area (Å²) in [5.74, 6) is -0.0238. The Kier molecular flexibility index (Phi) is 3.91. The van der Waals surface area contributed by atoms with Crippen molar-refractivity contribution in [3.63, 3.8) is 0 Å². The summed E-state index contributed by atoms with van der Waals surface area (Å²) in [6.45, 7) is 1.56. The number of hydrogen-bond donors (Lipinski definition) is 0. The Balaban J connectivity index is 2.20. The number of fused-ring (bicyclic) bond motifs is 2. The van der Waals surface area contributed by atoms with Crippen LogP contribution in [0.1, 0.15) is 27.6 Å². The maximum Gasteiger partial charge on any atom is 0.223 e. The van der Waals surface area contributed by atoms with Crippen LogP contribution in [0.25, 0.3) is 43.1 Å². The number of Topliss-reactive ketones (excluding diaryl/α,β-unsaturated/α-hetero) is 1. The molecule has 0 aliphatic rings. The second kappa shape index (κ2) is 6.10. The van der Waals surface area contributed by atoms with E-state index in [1.165, 1.54) is 14.3 Å². The third kappa shape index (κ3) is 2.42. The van der Waals surface area contributed by atoms with Crippen LogP contribution in [0.4, 0.5) is 0 Å². The lowest BCUT2D eigenvalue weighted by Gasteiger charge is -2.17. The van der Waals surface area contributed by atoms with E-state index in [0.717, 1.165) is 32.3 Å². The molecule has 0 heterocycles. The molecule has 0 unspecified atom stereocenters. The van der Waals surface area contributed by atoms with Crippen molar-refractivity contribution in [3.8, 4) is 0 Å². The fraction of sp³-hybridized carbons (Fsp3) is 0.0435. The largest absolute Gasteiger partial charge is 0.294 e. The van der Waals surface area contributed by atoms with Crippen LogP contribution in [0.5, 0.6) is 0 Å². The molecule has 0 atom stereocenters. The van der Waals surface area contributed by atoms with Gasteiger partial charge in [-0.25, -0.2) is 0 Å². The van der Waals surface area contributed by atoms with E-state index in [9.17, 15) is 9.59 Å². The molecule has 0 radical (unpaired) electrons. The van der Waals surface area contributed by atoms with Gasteiger partial charge in [-0.05, 0) is 85.4 Å². The standard InChI is InChI=1S/C23H12I2O2/c1-11(26)14-5-6-17-19-10-13(24)9-12-3-2-4-15(20(12)19)16-7-8-18(23(25)27)21(14)22(16)17/h2-10H,1H3. The normalized spacial score (nSPS) is 11.8. The molecule has 27 heavy (non-hydrogen) atoms. The molecule has 0 N–H and O–H groups in total. The highest BCUT2D eigenvalue weighted by atomic mass is 127. The molecule has 2 nitrogen and oxygen atoms in total. The monoisotopic (exact) mass is 574 g/mol. The smallest absolute Gasteiger partial charge is 0.223 e. The second-order valence-electron chi connectivity index (χ2n) is 6.76. The minimum atomic E-state index is -0.0505. The average molecular weight is 574 g/mol. The van der Waals surface area contributed by atoms with Gasteiger partial charge < -0.3 is 0 Å². The molecule has 5 aromatic rings. The summed E-state index contributed by atoms with van der Waals surface area (Å²) in [5.41, 5.74) is 1.21. The van der Waals surface area contributed by atoms with Gasteiger partial charge in [-0.1, -0.05) is 36.4 Å². The summed E-state index contributed by atoms with van der Waals surface area (Å²) in [4.78, 5) is 24.7.